The van der Waals surface area contributed by atoms with E-state index in [2.05, 4.69) is 30.4 Å². The van der Waals surface area contributed by atoms with Gasteiger partial charge in [0.15, 0.2) is 0 Å². The van der Waals surface area contributed by atoms with Crippen molar-refractivity contribution in [1.82, 2.24) is 4.90 Å². The summed E-state index contributed by atoms with van der Waals surface area (Å²) in [6.07, 6.45) is 1.03. The molecule has 0 unspecified atom stereocenters. The summed E-state index contributed by atoms with van der Waals surface area (Å²) in [6, 6.07) is 14.0. The second-order valence-electron chi connectivity index (χ2n) is 6.90. The molecule has 1 aliphatic heterocycles. The zero-order valence-electron chi connectivity index (χ0n) is 15.5. The summed E-state index contributed by atoms with van der Waals surface area (Å²) in [5, 5.41) is 2.90. The van der Waals surface area contributed by atoms with Crippen LogP contribution in [0.3, 0.4) is 0 Å². The second kappa shape index (κ2) is 8.03. The van der Waals surface area contributed by atoms with Crippen molar-refractivity contribution in [3.05, 3.63) is 57.7 Å². The third-order valence-electron chi connectivity index (χ3n) is 4.60. The number of nitrogens with zero attached hydrogens (tertiary/aromatic N) is 1. The molecular weight excluding hydrogens is 378 g/mol. The molecule has 3 nitrogen and oxygen atoms in total. The molecule has 1 aromatic heterocycles. The first kappa shape index (κ1) is 18.5. The summed E-state index contributed by atoms with van der Waals surface area (Å²) in [5.41, 5.74) is 4.50. The second-order valence-corrected chi connectivity index (χ2v) is 8.30. The molecule has 0 amide bonds. The fraction of sp³-hybridized carbons (Fsp3) is 0.273. The molecule has 0 atom stereocenters. The van der Waals surface area contributed by atoms with E-state index in [1.807, 2.05) is 36.4 Å². The fourth-order valence-corrected chi connectivity index (χ4v) is 4.49. The molecule has 2 aromatic carbocycles. The first-order valence-corrected chi connectivity index (χ1v) is 10.3. The molecule has 0 saturated heterocycles. The third kappa shape index (κ3) is 3.90. The summed E-state index contributed by atoms with van der Waals surface area (Å²) >= 11 is 8.02. The van der Waals surface area contributed by atoms with E-state index < -0.39 is 0 Å². The maximum absolute atomic E-state index is 6.28. The largest absolute Gasteiger partial charge is 0.456 e. The topological polar surface area (TPSA) is 21.7 Å². The van der Waals surface area contributed by atoms with Gasteiger partial charge in [0.25, 0.3) is 0 Å². The maximum Gasteiger partial charge on any atom is 0.135 e. The Hall–Kier alpha value is -1.85. The van der Waals surface area contributed by atoms with Crippen molar-refractivity contribution in [2.75, 3.05) is 27.2 Å². The van der Waals surface area contributed by atoms with E-state index in [1.54, 1.807) is 11.3 Å². The molecule has 0 saturated carbocycles. The van der Waals surface area contributed by atoms with E-state index in [9.17, 15) is 0 Å². The van der Waals surface area contributed by atoms with Gasteiger partial charge in [-0.15, -0.1) is 11.3 Å². The van der Waals surface area contributed by atoms with Crippen LogP contribution in [0.15, 0.2) is 47.8 Å². The van der Waals surface area contributed by atoms with Gasteiger partial charge in [0, 0.05) is 38.8 Å². The van der Waals surface area contributed by atoms with E-state index in [0.717, 1.165) is 47.8 Å². The molecule has 0 bridgehead atoms. The number of hydrogen-bond acceptors (Lipinski definition) is 4. The summed E-state index contributed by atoms with van der Waals surface area (Å²) in [4.78, 5) is 3.40. The average molecular weight is 400 g/mol. The minimum Gasteiger partial charge on any atom is -0.456 e. The van der Waals surface area contributed by atoms with Crippen molar-refractivity contribution in [3.8, 4) is 33.8 Å². The quantitative estimate of drug-likeness (QED) is 0.354. The zero-order chi connectivity index (χ0) is 18.8. The van der Waals surface area contributed by atoms with Gasteiger partial charge in [-0.2, -0.15) is 0 Å². The highest BCUT2D eigenvalue weighted by molar-refractivity contribution is 7.11. The van der Waals surface area contributed by atoms with Gasteiger partial charge in [0.2, 0.25) is 0 Å². The molecule has 0 aliphatic carbocycles. The lowest BCUT2D eigenvalue weighted by Gasteiger charge is -2.11. The number of rotatable bonds is 6. The average Bonchev–Trinajstić information content (AvgIpc) is 3.00. The molecule has 3 aromatic rings. The van der Waals surface area contributed by atoms with Gasteiger partial charge in [0.05, 0.1) is 6.61 Å². The predicted octanol–water partition coefficient (Wildman–Crippen LogP) is 6.31. The van der Waals surface area contributed by atoms with Crippen LogP contribution in [0.4, 0.5) is 0 Å². The molecule has 4 rings (SSSR count). The normalized spacial score (nSPS) is 12.1. The molecule has 0 N–H and O–H groups in total. The Morgan fingerprint density at radius 3 is 2.70 bits per heavy atom. The van der Waals surface area contributed by atoms with Crippen LogP contribution in [0.5, 0.6) is 11.5 Å². The Kier molecular flexibility index (Phi) is 5.50. The van der Waals surface area contributed by atoms with Crippen LogP contribution in [0, 0.1) is 0 Å². The summed E-state index contributed by atoms with van der Waals surface area (Å²) in [7, 11) is 4.16. The van der Waals surface area contributed by atoms with Gasteiger partial charge < -0.3 is 14.4 Å². The minimum atomic E-state index is 0.609. The Morgan fingerprint density at radius 1 is 1.04 bits per heavy atom. The Bertz CT molecular complexity index is 951. The molecule has 1 aliphatic rings. The first-order valence-electron chi connectivity index (χ1n) is 9.03. The maximum atomic E-state index is 6.28. The van der Waals surface area contributed by atoms with Gasteiger partial charge >= 0.3 is 0 Å². The number of para-hydroxylation sites is 1. The monoisotopic (exact) mass is 399 g/mol. The van der Waals surface area contributed by atoms with Crippen molar-refractivity contribution in [3.63, 3.8) is 0 Å². The van der Waals surface area contributed by atoms with Crippen molar-refractivity contribution < 1.29 is 9.47 Å². The molecular formula is C22H22ClNO2S. The SMILES string of the molecule is CN(C)CCCOCc1scc2c1-c1ccccc1Oc1ccc(Cl)cc1-2. The molecule has 0 fully saturated rings. The third-order valence-corrected chi connectivity index (χ3v) is 5.80. The minimum absolute atomic E-state index is 0.609. The van der Waals surface area contributed by atoms with E-state index in [0.29, 0.717) is 11.6 Å². The van der Waals surface area contributed by atoms with E-state index in [1.165, 1.54) is 10.4 Å². The van der Waals surface area contributed by atoms with Gasteiger partial charge in [-0.3, -0.25) is 0 Å². The number of ether oxygens (including phenoxy) is 2. The summed E-state index contributed by atoms with van der Waals surface area (Å²) < 4.78 is 12.2. The molecule has 5 heteroatoms. The number of hydrogen-bond donors (Lipinski definition) is 0. The van der Waals surface area contributed by atoms with Crippen molar-refractivity contribution in [2.45, 2.75) is 13.0 Å². The first-order chi connectivity index (χ1) is 13.1. The highest BCUT2D eigenvalue weighted by atomic mass is 35.5. The summed E-state index contributed by atoms with van der Waals surface area (Å²) in [5.74, 6) is 1.70. The van der Waals surface area contributed by atoms with Crippen molar-refractivity contribution >= 4 is 22.9 Å². The molecule has 0 spiro atoms. The van der Waals surface area contributed by atoms with Crippen LogP contribution >= 0.6 is 22.9 Å². The van der Waals surface area contributed by atoms with Crippen LogP contribution < -0.4 is 4.74 Å². The van der Waals surface area contributed by atoms with E-state index in [-0.39, 0.29) is 0 Å². The van der Waals surface area contributed by atoms with Crippen LogP contribution in [0.25, 0.3) is 22.3 Å². The lowest BCUT2D eigenvalue weighted by Crippen LogP contribution is -2.14. The van der Waals surface area contributed by atoms with Crippen LogP contribution in [0.2, 0.25) is 5.02 Å². The summed E-state index contributed by atoms with van der Waals surface area (Å²) in [6.45, 7) is 2.40. The highest BCUT2D eigenvalue weighted by Crippen LogP contribution is 2.50. The number of thiophene rings is 1. The van der Waals surface area contributed by atoms with Crippen LogP contribution in [-0.2, 0) is 11.3 Å². The lowest BCUT2D eigenvalue weighted by molar-refractivity contribution is 0.115. The van der Waals surface area contributed by atoms with Gasteiger partial charge in [-0.05, 0) is 56.7 Å². The Labute approximate surface area is 169 Å². The molecule has 27 heavy (non-hydrogen) atoms. The van der Waals surface area contributed by atoms with Crippen LogP contribution in [0.1, 0.15) is 11.3 Å². The van der Waals surface area contributed by atoms with Crippen LogP contribution in [-0.4, -0.2) is 32.1 Å². The Balaban J connectivity index is 1.69. The molecule has 140 valence electrons. The Morgan fingerprint density at radius 2 is 1.85 bits per heavy atom. The van der Waals surface area contributed by atoms with Gasteiger partial charge in [0.1, 0.15) is 11.5 Å². The number of fused-ring (bicyclic) bond motifs is 5. The molecule has 0 radical (unpaired) electrons. The fourth-order valence-electron chi connectivity index (χ4n) is 3.33. The smallest absolute Gasteiger partial charge is 0.135 e. The number of benzene rings is 2. The van der Waals surface area contributed by atoms with Gasteiger partial charge in [-0.1, -0.05) is 29.8 Å². The zero-order valence-corrected chi connectivity index (χ0v) is 17.1. The van der Waals surface area contributed by atoms with E-state index in [4.69, 9.17) is 21.1 Å². The predicted molar refractivity (Wildman–Crippen MR) is 113 cm³/mol. The number of halogens is 1. The lowest BCUT2D eigenvalue weighted by atomic mass is 9.97. The standard InChI is InChI=1S/C22H22ClNO2S/c1-24(2)10-5-11-25-13-21-22-16-6-3-4-7-19(16)26-20-9-8-15(23)12-17(20)18(22)14-27-21/h3-4,6-9,12,14H,5,10-11,13H2,1-2H3. The molecule has 2 heterocycles. The van der Waals surface area contributed by atoms with E-state index >= 15 is 0 Å². The van der Waals surface area contributed by atoms with Crippen molar-refractivity contribution in [2.24, 2.45) is 0 Å². The van der Waals surface area contributed by atoms with Gasteiger partial charge in [-0.25, -0.2) is 0 Å². The highest BCUT2D eigenvalue weighted by Gasteiger charge is 2.24. The van der Waals surface area contributed by atoms with Crippen molar-refractivity contribution in [1.29, 1.82) is 0 Å².